The number of carbonyl (C=O) groups is 1. The number of nitrogens with zero attached hydrogens (tertiary/aromatic N) is 1. The molecule has 2 aliphatic rings. The van der Waals surface area contributed by atoms with Crippen molar-refractivity contribution in [1.29, 1.82) is 0 Å². The van der Waals surface area contributed by atoms with E-state index in [4.69, 9.17) is 4.74 Å². The lowest BCUT2D eigenvalue weighted by Gasteiger charge is -2.33. The first-order chi connectivity index (χ1) is 10.2. The van der Waals surface area contributed by atoms with Crippen molar-refractivity contribution in [3.05, 3.63) is 29.8 Å². The van der Waals surface area contributed by atoms with Crippen LogP contribution in [0, 0.1) is 5.92 Å². The minimum Gasteiger partial charge on any atom is -0.494 e. The van der Waals surface area contributed by atoms with Crippen molar-refractivity contribution in [3.63, 3.8) is 0 Å². The largest absolute Gasteiger partial charge is 0.494 e. The third kappa shape index (κ3) is 2.77. The van der Waals surface area contributed by atoms with Crippen molar-refractivity contribution in [2.75, 3.05) is 13.2 Å². The molecular weight excluding hydrogens is 264 g/mol. The summed E-state index contributed by atoms with van der Waals surface area (Å²) in [6.07, 6.45) is 3.59. The first-order valence-corrected chi connectivity index (χ1v) is 7.98. The van der Waals surface area contributed by atoms with Crippen LogP contribution in [0.5, 0.6) is 5.75 Å². The van der Waals surface area contributed by atoms with Gasteiger partial charge in [-0.15, -0.1) is 0 Å². The van der Waals surface area contributed by atoms with Crippen LogP contribution in [0.25, 0.3) is 0 Å². The molecule has 0 aromatic heterocycles. The lowest BCUT2D eigenvalue weighted by Crippen LogP contribution is -2.41. The summed E-state index contributed by atoms with van der Waals surface area (Å²) in [4.78, 5) is 14.4. The van der Waals surface area contributed by atoms with Gasteiger partial charge >= 0.3 is 0 Å². The molecule has 2 fully saturated rings. The number of rotatable bonds is 4. The third-order valence-electron chi connectivity index (χ3n) is 4.69. The van der Waals surface area contributed by atoms with Gasteiger partial charge in [-0.2, -0.15) is 0 Å². The molecule has 0 bridgehead atoms. The second kappa shape index (κ2) is 6.06. The first kappa shape index (κ1) is 14.4. The van der Waals surface area contributed by atoms with Crippen LogP contribution >= 0.6 is 0 Å². The molecule has 1 aliphatic carbocycles. The quantitative estimate of drug-likeness (QED) is 0.926. The molecular formula is C17H24N2O2. The SMILES string of the molecule is CCOc1ccc(C2NCC(=O)N2C2CCCC2C)cc1. The van der Waals surface area contributed by atoms with E-state index < -0.39 is 0 Å². The standard InChI is InChI=1S/C17H24N2O2/c1-3-21-14-9-7-13(8-10-14)17-18-11-16(20)19(17)15-6-4-5-12(15)2/h7-10,12,15,17-18H,3-6,11H2,1-2H3. The van der Waals surface area contributed by atoms with Gasteiger partial charge in [0.2, 0.25) is 5.91 Å². The van der Waals surface area contributed by atoms with E-state index in [0.717, 1.165) is 17.7 Å². The Bertz CT molecular complexity index is 500. The lowest BCUT2D eigenvalue weighted by atomic mass is 10.0. The minimum absolute atomic E-state index is 0.0127. The number of ether oxygens (including phenoxy) is 1. The van der Waals surface area contributed by atoms with E-state index in [1.807, 2.05) is 19.1 Å². The van der Waals surface area contributed by atoms with E-state index >= 15 is 0 Å². The predicted molar refractivity (Wildman–Crippen MR) is 82.0 cm³/mol. The van der Waals surface area contributed by atoms with Crippen LogP contribution in [0.4, 0.5) is 0 Å². The highest BCUT2D eigenvalue weighted by Crippen LogP contribution is 2.36. The van der Waals surface area contributed by atoms with Crippen molar-refractivity contribution in [1.82, 2.24) is 10.2 Å². The highest BCUT2D eigenvalue weighted by atomic mass is 16.5. The molecule has 114 valence electrons. The number of hydrogen-bond acceptors (Lipinski definition) is 3. The van der Waals surface area contributed by atoms with Crippen LogP contribution in [-0.4, -0.2) is 30.0 Å². The van der Waals surface area contributed by atoms with Gasteiger partial charge in [-0.3, -0.25) is 10.1 Å². The van der Waals surface area contributed by atoms with Crippen molar-refractivity contribution >= 4 is 5.91 Å². The summed E-state index contributed by atoms with van der Waals surface area (Å²) in [6.45, 7) is 5.36. The molecule has 4 nitrogen and oxygen atoms in total. The lowest BCUT2D eigenvalue weighted by molar-refractivity contribution is -0.131. The fourth-order valence-electron chi connectivity index (χ4n) is 3.62. The molecule has 0 radical (unpaired) electrons. The first-order valence-electron chi connectivity index (χ1n) is 7.98. The Morgan fingerprint density at radius 3 is 2.67 bits per heavy atom. The molecule has 3 unspecified atom stereocenters. The second-order valence-electron chi connectivity index (χ2n) is 6.06. The van der Waals surface area contributed by atoms with Gasteiger partial charge in [-0.05, 0) is 43.4 Å². The predicted octanol–water partition coefficient (Wildman–Crippen LogP) is 2.70. The van der Waals surface area contributed by atoms with Crippen molar-refractivity contribution in [2.45, 2.75) is 45.3 Å². The number of nitrogens with one attached hydrogen (secondary N) is 1. The molecule has 3 rings (SSSR count). The zero-order valence-corrected chi connectivity index (χ0v) is 12.8. The van der Waals surface area contributed by atoms with Gasteiger partial charge < -0.3 is 9.64 Å². The molecule has 1 saturated heterocycles. The zero-order chi connectivity index (χ0) is 14.8. The monoisotopic (exact) mass is 288 g/mol. The van der Waals surface area contributed by atoms with Crippen molar-refractivity contribution in [2.24, 2.45) is 5.92 Å². The van der Waals surface area contributed by atoms with E-state index in [9.17, 15) is 4.79 Å². The van der Waals surface area contributed by atoms with Crippen LogP contribution in [0.2, 0.25) is 0 Å². The third-order valence-corrected chi connectivity index (χ3v) is 4.69. The van der Waals surface area contributed by atoms with Gasteiger partial charge in [-0.1, -0.05) is 25.5 Å². The molecule has 0 spiro atoms. The minimum atomic E-state index is 0.0127. The summed E-state index contributed by atoms with van der Waals surface area (Å²) in [5.41, 5.74) is 1.14. The number of carbonyl (C=O) groups excluding carboxylic acids is 1. The topological polar surface area (TPSA) is 41.6 Å². The summed E-state index contributed by atoms with van der Waals surface area (Å²) < 4.78 is 5.49. The Morgan fingerprint density at radius 2 is 2.05 bits per heavy atom. The van der Waals surface area contributed by atoms with Crippen LogP contribution < -0.4 is 10.1 Å². The Balaban J connectivity index is 1.81. The van der Waals surface area contributed by atoms with E-state index in [1.54, 1.807) is 0 Å². The Hall–Kier alpha value is -1.55. The molecule has 1 aromatic carbocycles. The summed E-state index contributed by atoms with van der Waals surface area (Å²) in [5.74, 6) is 1.71. The van der Waals surface area contributed by atoms with E-state index in [1.165, 1.54) is 12.8 Å². The fourth-order valence-corrected chi connectivity index (χ4v) is 3.62. The molecule has 4 heteroatoms. The van der Waals surface area contributed by atoms with E-state index in [2.05, 4.69) is 29.3 Å². The molecule has 1 saturated carbocycles. The van der Waals surface area contributed by atoms with Crippen LogP contribution in [0.15, 0.2) is 24.3 Å². The normalized spacial score (nSPS) is 29.1. The van der Waals surface area contributed by atoms with Gasteiger partial charge in [0.15, 0.2) is 0 Å². The number of amides is 1. The smallest absolute Gasteiger partial charge is 0.238 e. The average molecular weight is 288 g/mol. The van der Waals surface area contributed by atoms with Gasteiger partial charge in [-0.25, -0.2) is 0 Å². The molecule has 1 aliphatic heterocycles. The van der Waals surface area contributed by atoms with E-state index in [-0.39, 0.29) is 12.1 Å². The number of hydrogen-bond donors (Lipinski definition) is 1. The van der Waals surface area contributed by atoms with E-state index in [0.29, 0.717) is 25.1 Å². The van der Waals surface area contributed by atoms with Crippen LogP contribution in [-0.2, 0) is 4.79 Å². The molecule has 1 aromatic rings. The highest BCUT2D eigenvalue weighted by molar-refractivity contribution is 5.81. The second-order valence-corrected chi connectivity index (χ2v) is 6.06. The van der Waals surface area contributed by atoms with Gasteiger partial charge in [0.1, 0.15) is 11.9 Å². The van der Waals surface area contributed by atoms with Crippen molar-refractivity contribution in [3.8, 4) is 5.75 Å². The van der Waals surface area contributed by atoms with Crippen molar-refractivity contribution < 1.29 is 9.53 Å². The molecule has 1 heterocycles. The molecule has 1 N–H and O–H groups in total. The fraction of sp³-hybridized carbons (Fsp3) is 0.588. The Kier molecular flexibility index (Phi) is 4.15. The van der Waals surface area contributed by atoms with Gasteiger partial charge in [0, 0.05) is 6.04 Å². The van der Waals surface area contributed by atoms with Crippen LogP contribution in [0.3, 0.4) is 0 Å². The molecule has 3 atom stereocenters. The molecule has 21 heavy (non-hydrogen) atoms. The maximum absolute atomic E-state index is 12.3. The number of benzene rings is 1. The average Bonchev–Trinajstić information content (AvgIpc) is 3.06. The van der Waals surface area contributed by atoms with Crippen LogP contribution in [0.1, 0.15) is 44.8 Å². The van der Waals surface area contributed by atoms with Gasteiger partial charge in [0.25, 0.3) is 0 Å². The summed E-state index contributed by atoms with van der Waals surface area (Å²) in [6, 6.07) is 8.48. The van der Waals surface area contributed by atoms with Gasteiger partial charge in [0.05, 0.1) is 13.2 Å². The Labute approximate surface area is 126 Å². The molecule has 1 amide bonds. The maximum atomic E-state index is 12.3. The summed E-state index contributed by atoms with van der Waals surface area (Å²) in [7, 11) is 0. The summed E-state index contributed by atoms with van der Waals surface area (Å²) in [5, 5.41) is 3.36. The summed E-state index contributed by atoms with van der Waals surface area (Å²) >= 11 is 0. The Morgan fingerprint density at radius 1 is 1.29 bits per heavy atom. The maximum Gasteiger partial charge on any atom is 0.238 e. The highest BCUT2D eigenvalue weighted by Gasteiger charge is 2.40. The zero-order valence-electron chi connectivity index (χ0n) is 12.8.